The van der Waals surface area contributed by atoms with Crippen LogP contribution in [-0.4, -0.2) is 47.8 Å². The maximum Gasteiger partial charge on any atom is 0.312 e. The molecule has 2 amide bonds. The lowest BCUT2D eigenvalue weighted by Gasteiger charge is -2.37. The summed E-state index contributed by atoms with van der Waals surface area (Å²) in [6.07, 6.45) is 0. The van der Waals surface area contributed by atoms with E-state index in [9.17, 15) is 9.59 Å². The van der Waals surface area contributed by atoms with Crippen LogP contribution >= 0.6 is 15.9 Å². The molecular weight excluding hydrogens is 322 g/mol. The number of benzene rings is 1. The number of rotatable bonds is 4. The molecule has 0 radical (unpaired) electrons. The Labute approximate surface area is 126 Å². The van der Waals surface area contributed by atoms with E-state index >= 15 is 0 Å². The van der Waals surface area contributed by atoms with E-state index in [2.05, 4.69) is 15.9 Å². The lowest BCUT2D eigenvalue weighted by atomic mass is 10.0. The lowest BCUT2D eigenvalue weighted by Crippen LogP contribution is -2.55. The number of carbonyl (C=O) groups excluding carboxylic acids is 2. The van der Waals surface area contributed by atoms with Gasteiger partial charge in [-0.25, -0.2) is 0 Å². The van der Waals surface area contributed by atoms with Crippen molar-refractivity contribution in [3.8, 4) is 0 Å². The second-order valence-electron chi connectivity index (χ2n) is 4.69. The van der Waals surface area contributed by atoms with E-state index in [1.807, 2.05) is 31.2 Å². The molecule has 0 aliphatic carbocycles. The fourth-order valence-electron chi connectivity index (χ4n) is 2.42. The van der Waals surface area contributed by atoms with Crippen LogP contribution in [0.5, 0.6) is 0 Å². The minimum atomic E-state index is -0.462. The predicted molar refractivity (Wildman–Crippen MR) is 79.9 cm³/mol. The van der Waals surface area contributed by atoms with Crippen molar-refractivity contribution >= 4 is 27.7 Å². The first-order valence-corrected chi connectivity index (χ1v) is 7.43. The number of hydrogen-bond acceptors (Lipinski definition) is 3. The highest BCUT2D eigenvalue weighted by Crippen LogP contribution is 2.24. The molecule has 0 aromatic heterocycles. The quantitative estimate of drug-likeness (QED) is 0.836. The first kappa shape index (κ1) is 15.0. The van der Waals surface area contributed by atoms with E-state index in [1.165, 1.54) is 0 Å². The maximum atomic E-state index is 12.2. The molecule has 1 aliphatic heterocycles. The van der Waals surface area contributed by atoms with E-state index in [4.69, 9.17) is 5.73 Å². The van der Waals surface area contributed by atoms with Gasteiger partial charge < -0.3 is 15.5 Å². The molecule has 5 nitrogen and oxygen atoms in total. The summed E-state index contributed by atoms with van der Waals surface area (Å²) < 4.78 is 0.968. The third-order valence-electron chi connectivity index (χ3n) is 3.58. The molecule has 6 heteroatoms. The Hall–Kier alpha value is -1.40. The molecule has 2 rings (SSSR count). The summed E-state index contributed by atoms with van der Waals surface area (Å²) in [6, 6.07) is 7.41. The monoisotopic (exact) mass is 339 g/mol. The van der Waals surface area contributed by atoms with Gasteiger partial charge in [0.2, 0.25) is 0 Å². The first-order valence-electron chi connectivity index (χ1n) is 6.63. The van der Waals surface area contributed by atoms with Crippen molar-refractivity contribution < 1.29 is 9.59 Å². The molecular formula is C14H18BrN3O2. The summed E-state index contributed by atoms with van der Waals surface area (Å²) in [5.74, 6) is -0.897. The van der Waals surface area contributed by atoms with E-state index < -0.39 is 11.8 Å². The van der Waals surface area contributed by atoms with E-state index in [0.29, 0.717) is 26.2 Å². The van der Waals surface area contributed by atoms with E-state index in [1.54, 1.807) is 9.80 Å². The fraction of sp³-hybridized carbons (Fsp3) is 0.429. The van der Waals surface area contributed by atoms with Gasteiger partial charge in [-0.05, 0) is 24.6 Å². The first-order chi connectivity index (χ1) is 9.58. The average Bonchev–Trinajstić information content (AvgIpc) is 2.46. The van der Waals surface area contributed by atoms with Crippen LogP contribution in [0.4, 0.5) is 0 Å². The topological polar surface area (TPSA) is 66.6 Å². The van der Waals surface area contributed by atoms with Crippen molar-refractivity contribution in [1.82, 2.24) is 9.80 Å². The normalized spacial score (nSPS) is 17.6. The Bertz CT molecular complexity index is 504. The average molecular weight is 340 g/mol. The summed E-state index contributed by atoms with van der Waals surface area (Å²) in [6.45, 7) is 3.82. The second-order valence-corrected chi connectivity index (χ2v) is 5.60. The van der Waals surface area contributed by atoms with Crippen molar-refractivity contribution in [3.63, 3.8) is 0 Å². The van der Waals surface area contributed by atoms with Crippen molar-refractivity contribution in [1.29, 1.82) is 0 Å². The molecule has 1 heterocycles. The molecule has 1 aromatic rings. The van der Waals surface area contributed by atoms with Gasteiger partial charge in [0.15, 0.2) is 0 Å². The van der Waals surface area contributed by atoms with Gasteiger partial charge in [0.05, 0.1) is 6.04 Å². The second kappa shape index (κ2) is 6.37. The van der Waals surface area contributed by atoms with Gasteiger partial charge in [-0.15, -0.1) is 0 Å². The Kier molecular flexibility index (Phi) is 4.77. The maximum absolute atomic E-state index is 12.2. The number of likely N-dealkylation sites (N-methyl/N-ethyl adjacent to an activating group) is 1. The zero-order chi connectivity index (χ0) is 14.7. The summed E-state index contributed by atoms with van der Waals surface area (Å²) in [7, 11) is 0. The smallest absolute Gasteiger partial charge is 0.312 e. The highest BCUT2D eigenvalue weighted by atomic mass is 79.9. The number of carbonyl (C=O) groups is 2. The zero-order valence-electron chi connectivity index (χ0n) is 11.4. The summed E-state index contributed by atoms with van der Waals surface area (Å²) in [4.78, 5) is 27.3. The third-order valence-corrected chi connectivity index (χ3v) is 4.11. The minimum absolute atomic E-state index is 0.251. The fourth-order valence-corrected chi connectivity index (χ4v) is 2.68. The molecule has 1 fully saturated rings. The minimum Gasteiger partial charge on any atom is -0.333 e. The Balaban J connectivity index is 2.22. The highest BCUT2D eigenvalue weighted by molar-refractivity contribution is 9.10. The zero-order valence-corrected chi connectivity index (χ0v) is 13.0. The number of amides is 2. The van der Waals surface area contributed by atoms with Crippen LogP contribution in [0.1, 0.15) is 18.5 Å². The molecule has 1 aliphatic rings. The number of halogens is 1. The molecule has 0 spiro atoms. The number of piperazine rings is 1. The van der Waals surface area contributed by atoms with Crippen LogP contribution in [0.2, 0.25) is 0 Å². The van der Waals surface area contributed by atoms with Gasteiger partial charge >= 0.3 is 11.8 Å². The molecule has 0 bridgehead atoms. The number of hydrogen-bond donors (Lipinski definition) is 1. The van der Waals surface area contributed by atoms with Crippen LogP contribution in [-0.2, 0) is 9.59 Å². The van der Waals surface area contributed by atoms with E-state index in [0.717, 1.165) is 10.0 Å². The predicted octanol–water partition coefficient (Wildman–Crippen LogP) is 1.14. The summed E-state index contributed by atoms with van der Waals surface area (Å²) in [5, 5.41) is 0. The molecule has 0 saturated carbocycles. The van der Waals surface area contributed by atoms with Crippen LogP contribution in [0, 0.1) is 0 Å². The van der Waals surface area contributed by atoms with Crippen LogP contribution < -0.4 is 5.73 Å². The molecule has 1 atom stereocenters. The Morgan fingerprint density at radius 3 is 2.40 bits per heavy atom. The highest BCUT2D eigenvalue weighted by Gasteiger charge is 2.35. The van der Waals surface area contributed by atoms with Crippen molar-refractivity contribution in [2.75, 3.05) is 26.2 Å². The molecule has 1 saturated heterocycles. The summed E-state index contributed by atoms with van der Waals surface area (Å²) >= 11 is 3.38. The number of nitrogens with zero attached hydrogens (tertiary/aromatic N) is 2. The Morgan fingerprint density at radius 2 is 1.85 bits per heavy atom. The molecule has 1 aromatic carbocycles. The van der Waals surface area contributed by atoms with Gasteiger partial charge in [0.25, 0.3) is 0 Å². The van der Waals surface area contributed by atoms with Crippen LogP contribution in [0.3, 0.4) is 0 Å². The van der Waals surface area contributed by atoms with Crippen molar-refractivity contribution in [2.24, 2.45) is 5.73 Å². The van der Waals surface area contributed by atoms with Gasteiger partial charge in [0.1, 0.15) is 0 Å². The molecule has 20 heavy (non-hydrogen) atoms. The van der Waals surface area contributed by atoms with Crippen LogP contribution in [0.15, 0.2) is 28.7 Å². The van der Waals surface area contributed by atoms with E-state index in [-0.39, 0.29) is 6.04 Å². The van der Waals surface area contributed by atoms with Gasteiger partial charge in [-0.1, -0.05) is 28.1 Å². The molecule has 108 valence electrons. The van der Waals surface area contributed by atoms with Crippen molar-refractivity contribution in [2.45, 2.75) is 13.0 Å². The Morgan fingerprint density at radius 1 is 1.20 bits per heavy atom. The molecule has 1 unspecified atom stereocenters. The summed E-state index contributed by atoms with van der Waals surface area (Å²) in [5.41, 5.74) is 6.76. The van der Waals surface area contributed by atoms with Gasteiger partial charge in [-0.3, -0.25) is 9.59 Å². The molecule has 2 N–H and O–H groups in total. The number of nitrogens with two attached hydrogens (primary N) is 1. The largest absolute Gasteiger partial charge is 0.333 e. The van der Waals surface area contributed by atoms with Gasteiger partial charge in [-0.2, -0.15) is 0 Å². The third kappa shape index (κ3) is 2.86. The van der Waals surface area contributed by atoms with Crippen molar-refractivity contribution in [3.05, 3.63) is 34.3 Å². The standard InChI is InChI=1S/C14H18BrN3O2/c1-2-17-7-8-18(14(20)13(17)19)12(9-16)10-3-5-11(15)6-4-10/h3-6,12H,2,7-9,16H2,1H3. The van der Waals surface area contributed by atoms with Gasteiger partial charge in [0, 0.05) is 30.7 Å². The van der Waals surface area contributed by atoms with Crippen LogP contribution in [0.25, 0.3) is 0 Å². The lowest BCUT2D eigenvalue weighted by molar-refractivity contribution is -0.157. The SMILES string of the molecule is CCN1CCN(C(CN)c2ccc(Br)cc2)C(=O)C1=O.